The van der Waals surface area contributed by atoms with Crippen LogP contribution in [-0.4, -0.2) is 29.1 Å². The Morgan fingerprint density at radius 2 is 1.39 bits per heavy atom. The molecule has 0 aliphatic carbocycles. The molecule has 1 aromatic carbocycles. The van der Waals surface area contributed by atoms with E-state index in [-0.39, 0.29) is 12.2 Å². The van der Waals surface area contributed by atoms with E-state index >= 15 is 0 Å². The molecule has 0 radical (unpaired) electrons. The number of rotatable bonds is 14. The van der Waals surface area contributed by atoms with Gasteiger partial charge in [0.25, 0.3) is 0 Å². The van der Waals surface area contributed by atoms with Gasteiger partial charge in [0, 0.05) is 30.5 Å². The second kappa shape index (κ2) is 28.5. The van der Waals surface area contributed by atoms with E-state index in [0.717, 1.165) is 42.6 Å². The SMILES string of the molecule is CCCC.CCCC.CCCCCC(C)CC.CCCCCOCCC.Cc1cc(C)n(-c2ccc3c(c2)OC(F)(F)C3)n1. The van der Waals surface area contributed by atoms with Crippen LogP contribution in [0.3, 0.4) is 0 Å². The largest absolute Gasteiger partial charge is 0.432 e. The molecule has 3 rings (SSSR count). The summed E-state index contributed by atoms with van der Waals surface area (Å²) in [7, 11) is 0. The van der Waals surface area contributed by atoms with Crippen LogP contribution in [0.1, 0.15) is 163 Å². The number of hydrogen-bond donors (Lipinski definition) is 0. The van der Waals surface area contributed by atoms with Gasteiger partial charge in [-0.15, -0.1) is 0 Å². The maximum absolute atomic E-state index is 13.1. The summed E-state index contributed by atoms with van der Waals surface area (Å²) in [5, 5.41) is 4.32. The van der Waals surface area contributed by atoms with Gasteiger partial charge in [-0.25, -0.2) is 4.68 Å². The molecule has 0 N–H and O–H groups in total. The van der Waals surface area contributed by atoms with Crippen molar-refractivity contribution in [2.45, 2.75) is 172 Å². The van der Waals surface area contributed by atoms with Crippen LogP contribution in [0.15, 0.2) is 24.3 Å². The van der Waals surface area contributed by atoms with Crippen LogP contribution >= 0.6 is 0 Å². The highest BCUT2D eigenvalue weighted by Crippen LogP contribution is 2.38. The normalized spacial score (nSPS) is 12.9. The summed E-state index contributed by atoms with van der Waals surface area (Å²) in [6.45, 7) is 25.7. The Balaban J connectivity index is 0. The zero-order chi connectivity index (χ0) is 33.8. The summed E-state index contributed by atoms with van der Waals surface area (Å²) in [4.78, 5) is 0. The highest BCUT2D eigenvalue weighted by atomic mass is 19.3. The zero-order valence-corrected chi connectivity index (χ0v) is 30.7. The number of aryl methyl sites for hydroxylation is 2. The van der Waals surface area contributed by atoms with E-state index in [1.807, 2.05) is 19.9 Å². The van der Waals surface area contributed by atoms with Crippen molar-refractivity contribution in [1.29, 1.82) is 0 Å². The van der Waals surface area contributed by atoms with Crippen molar-refractivity contribution < 1.29 is 18.3 Å². The minimum absolute atomic E-state index is 0.241. The van der Waals surface area contributed by atoms with Gasteiger partial charge in [0.05, 0.1) is 17.8 Å². The van der Waals surface area contributed by atoms with Crippen molar-refractivity contribution in [3.05, 3.63) is 41.2 Å². The first-order chi connectivity index (χ1) is 21.0. The maximum atomic E-state index is 13.1. The van der Waals surface area contributed by atoms with E-state index in [0.29, 0.717) is 5.56 Å². The molecular weight excluding hydrogens is 554 g/mol. The average molecular weight is 625 g/mol. The summed E-state index contributed by atoms with van der Waals surface area (Å²) in [5.41, 5.74) is 3.11. The average Bonchev–Trinajstić information content (AvgIpc) is 3.52. The topological polar surface area (TPSA) is 36.3 Å². The molecule has 1 aliphatic rings. The molecule has 1 unspecified atom stereocenters. The number of aromatic nitrogens is 2. The first kappa shape index (κ1) is 44.2. The molecule has 6 heteroatoms. The lowest BCUT2D eigenvalue weighted by Crippen LogP contribution is -2.20. The number of ether oxygens (including phenoxy) is 2. The molecular formula is C38H70F2N2O2. The van der Waals surface area contributed by atoms with Crippen molar-refractivity contribution in [1.82, 2.24) is 9.78 Å². The maximum Gasteiger partial charge on any atom is 0.402 e. The molecule has 0 fully saturated rings. The van der Waals surface area contributed by atoms with Gasteiger partial charge < -0.3 is 9.47 Å². The van der Waals surface area contributed by atoms with Gasteiger partial charge in [0.1, 0.15) is 5.75 Å². The Hall–Kier alpha value is -1.95. The van der Waals surface area contributed by atoms with Gasteiger partial charge in [0.15, 0.2) is 0 Å². The number of unbranched alkanes of at least 4 members (excludes halogenated alkanes) is 6. The molecule has 0 spiro atoms. The summed E-state index contributed by atoms with van der Waals surface area (Å²) in [6.07, 6.45) is 13.8. The van der Waals surface area contributed by atoms with Crippen LogP contribution in [0, 0.1) is 19.8 Å². The van der Waals surface area contributed by atoms with Gasteiger partial charge in [-0.05, 0) is 44.7 Å². The smallest absolute Gasteiger partial charge is 0.402 e. The van der Waals surface area contributed by atoms with E-state index in [4.69, 9.17) is 4.74 Å². The minimum atomic E-state index is -3.09. The van der Waals surface area contributed by atoms with Gasteiger partial charge in [-0.3, -0.25) is 0 Å². The monoisotopic (exact) mass is 625 g/mol. The third-order valence-corrected chi connectivity index (χ3v) is 7.20. The van der Waals surface area contributed by atoms with E-state index in [2.05, 4.69) is 72.1 Å². The molecule has 44 heavy (non-hydrogen) atoms. The van der Waals surface area contributed by atoms with Crippen LogP contribution in [0.5, 0.6) is 5.75 Å². The van der Waals surface area contributed by atoms with E-state index < -0.39 is 6.11 Å². The van der Waals surface area contributed by atoms with Crippen LogP contribution in [0.4, 0.5) is 8.78 Å². The molecule has 1 atom stereocenters. The summed E-state index contributed by atoms with van der Waals surface area (Å²) < 4.78 is 37.9. The van der Waals surface area contributed by atoms with Crippen LogP contribution in [0.25, 0.3) is 5.69 Å². The van der Waals surface area contributed by atoms with Crippen LogP contribution in [-0.2, 0) is 11.2 Å². The van der Waals surface area contributed by atoms with Crippen LogP contribution in [0.2, 0.25) is 0 Å². The number of nitrogens with zero attached hydrogens (tertiary/aromatic N) is 2. The van der Waals surface area contributed by atoms with Crippen molar-refractivity contribution in [3.8, 4) is 11.4 Å². The Labute approximate surface area is 271 Å². The first-order valence-electron chi connectivity index (χ1n) is 17.8. The fraction of sp³-hybridized carbons (Fsp3) is 0.763. The number of alkyl halides is 2. The lowest BCUT2D eigenvalue weighted by Gasteiger charge is -2.08. The van der Waals surface area contributed by atoms with E-state index in [1.165, 1.54) is 77.0 Å². The highest BCUT2D eigenvalue weighted by molar-refractivity contribution is 5.47. The Bertz CT molecular complexity index is 900. The van der Waals surface area contributed by atoms with Gasteiger partial charge in [-0.2, -0.15) is 13.9 Å². The summed E-state index contributed by atoms with van der Waals surface area (Å²) in [5.74, 6) is 1.20. The predicted octanol–water partition coefficient (Wildman–Crippen LogP) is 12.8. The molecule has 0 amide bonds. The minimum Gasteiger partial charge on any atom is -0.432 e. The Kier molecular flexibility index (Phi) is 28.6. The zero-order valence-electron chi connectivity index (χ0n) is 30.7. The first-order valence-corrected chi connectivity index (χ1v) is 17.8. The fourth-order valence-corrected chi connectivity index (χ4v) is 3.87. The molecule has 1 aliphatic heterocycles. The van der Waals surface area contributed by atoms with Crippen molar-refractivity contribution >= 4 is 0 Å². The van der Waals surface area contributed by atoms with Gasteiger partial charge >= 0.3 is 6.11 Å². The molecule has 2 aromatic rings. The summed E-state index contributed by atoms with van der Waals surface area (Å²) >= 11 is 0. The lowest BCUT2D eigenvalue weighted by molar-refractivity contribution is -0.159. The Morgan fingerprint density at radius 1 is 0.795 bits per heavy atom. The quantitative estimate of drug-likeness (QED) is 0.196. The molecule has 0 saturated heterocycles. The number of halogens is 2. The molecule has 0 saturated carbocycles. The Morgan fingerprint density at radius 3 is 1.86 bits per heavy atom. The summed E-state index contributed by atoms with van der Waals surface area (Å²) in [6, 6.07) is 6.99. The molecule has 1 aromatic heterocycles. The fourth-order valence-electron chi connectivity index (χ4n) is 3.87. The molecule has 258 valence electrons. The predicted molar refractivity (Wildman–Crippen MR) is 188 cm³/mol. The number of benzene rings is 1. The molecule has 4 nitrogen and oxygen atoms in total. The van der Waals surface area contributed by atoms with E-state index in [1.54, 1.807) is 22.9 Å². The lowest BCUT2D eigenvalue weighted by atomic mass is 10.0. The molecule has 2 heterocycles. The van der Waals surface area contributed by atoms with Crippen molar-refractivity contribution in [2.24, 2.45) is 5.92 Å². The van der Waals surface area contributed by atoms with E-state index in [9.17, 15) is 8.78 Å². The van der Waals surface area contributed by atoms with Gasteiger partial charge in [0.2, 0.25) is 0 Å². The van der Waals surface area contributed by atoms with Crippen molar-refractivity contribution in [3.63, 3.8) is 0 Å². The van der Waals surface area contributed by atoms with Crippen molar-refractivity contribution in [2.75, 3.05) is 13.2 Å². The highest BCUT2D eigenvalue weighted by Gasteiger charge is 2.39. The standard InChI is InChI=1S/C13H12F2N2O.C9H20.C8H18O.2C4H10/c1-8-5-9(2)17(16-8)11-4-3-10-7-13(14,15)18-12(10)6-11;1-4-6-7-8-9(3)5-2;1-3-5-6-8-9-7-4-2;2*1-3-4-2/h3-6H,7H2,1-2H3;9H,4-8H2,1-3H3;3-8H2,1-2H3;2*3-4H2,1-2H3. The second-order valence-electron chi connectivity index (χ2n) is 11.9. The van der Waals surface area contributed by atoms with Gasteiger partial charge in [-0.1, -0.05) is 139 Å². The number of hydrogen-bond acceptors (Lipinski definition) is 3. The molecule has 0 bridgehead atoms. The third-order valence-electron chi connectivity index (χ3n) is 7.20. The number of fused-ring (bicyclic) bond motifs is 1. The second-order valence-corrected chi connectivity index (χ2v) is 11.9. The van der Waals surface area contributed by atoms with Crippen LogP contribution < -0.4 is 4.74 Å². The third kappa shape index (κ3) is 22.5.